The van der Waals surface area contributed by atoms with Crippen LogP contribution >= 0.6 is 0 Å². The van der Waals surface area contributed by atoms with Crippen LogP contribution in [-0.2, 0) is 17.8 Å². The molecule has 0 spiro atoms. The molecule has 0 heterocycles. The first-order valence-corrected chi connectivity index (χ1v) is 5.90. The maximum Gasteiger partial charge on any atom is 0.224 e. The minimum absolute atomic E-state index is 0.0534. The summed E-state index contributed by atoms with van der Waals surface area (Å²) in [6.07, 6.45) is 0.240. The van der Waals surface area contributed by atoms with Crippen molar-refractivity contribution in [3.8, 4) is 0 Å². The van der Waals surface area contributed by atoms with E-state index in [0.29, 0.717) is 0 Å². The lowest BCUT2D eigenvalue weighted by atomic mass is 10.1. The summed E-state index contributed by atoms with van der Waals surface area (Å²) >= 11 is 0. The van der Waals surface area contributed by atoms with Crippen molar-refractivity contribution in [1.29, 1.82) is 0 Å². The number of hydrogen-bond acceptors (Lipinski definition) is 1. The largest absolute Gasteiger partial charge is 0.352 e. The van der Waals surface area contributed by atoms with Gasteiger partial charge in [0, 0.05) is 18.2 Å². The third-order valence-electron chi connectivity index (χ3n) is 2.70. The number of carbonyl (C=O) groups is 1. The van der Waals surface area contributed by atoms with Crippen LogP contribution in [0.3, 0.4) is 0 Å². The maximum atomic E-state index is 13.3. The van der Waals surface area contributed by atoms with E-state index in [1.165, 1.54) is 12.1 Å². The molecule has 0 radical (unpaired) electrons. The molecule has 0 bridgehead atoms. The van der Waals surface area contributed by atoms with Crippen molar-refractivity contribution in [2.45, 2.75) is 13.0 Å². The molecule has 0 fully saturated rings. The molecule has 0 atom stereocenters. The summed E-state index contributed by atoms with van der Waals surface area (Å²) in [6.45, 7) is 0.0534. The number of halogens is 2. The topological polar surface area (TPSA) is 29.1 Å². The molecule has 0 aliphatic heterocycles. The Hall–Kier alpha value is -2.23. The van der Waals surface area contributed by atoms with Gasteiger partial charge in [-0.2, -0.15) is 0 Å². The predicted octanol–water partition coefficient (Wildman–Crippen LogP) is 2.82. The molecule has 2 aromatic carbocycles. The quantitative estimate of drug-likeness (QED) is 0.901. The number of nitrogens with one attached hydrogen (secondary N) is 1. The van der Waals surface area contributed by atoms with E-state index in [4.69, 9.17) is 0 Å². The second kappa shape index (κ2) is 6.09. The normalized spacial score (nSPS) is 10.2. The summed E-state index contributed by atoms with van der Waals surface area (Å²) in [5, 5.41) is 2.61. The van der Waals surface area contributed by atoms with Gasteiger partial charge in [0.15, 0.2) is 0 Å². The molecule has 0 unspecified atom stereocenters. The zero-order valence-corrected chi connectivity index (χ0v) is 10.2. The SMILES string of the molecule is O=C(Cc1ccccc1)NCc1ccc(F)cc1F. The van der Waals surface area contributed by atoms with E-state index in [-0.39, 0.29) is 24.4 Å². The van der Waals surface area contributed by atoms with Crippen molar-refractivity contribution in [1.82, 2.24) is 5.32 Å². The van der Waals surface area contributed by atoms with Crippen LogP contribution in [0, 0.1) is 11.6 Å². The van der Waals surface area contributed by atoms with Gasteiger partial charge >= 0.3 is 0 Å². The molecular formula is C15H13F2NO. The second-order valence-corrected chi connectivity index (χ2v) is 4.17. The van der Waals surface area contributed by atoms with E-state index in [9.17, 15) is 13.6 Å². The minimum Gasteiger partial charge on any atom is -0.352 e. The van der Waals surface area contributed by atoms with Gasteiger partial charge in [0.1, 0.15) is 11.6 Å². The van der Waals surface area contributed by atoms with Gasteiger partial charge in [-0.3, -0.25) is 4.79 Å². The Kier molecular flexibility index (Phi) is 4.23. The van der Waals surface area contributed by atoms with E-state index in [2.05, 4.69) is 5.32 Å². The summed E-state index contributed by atoms with van der Waals surface area (Å²) in [7, 11) is 0. The zero-order valence-electron chi connectivity index (χ0n) is 10.2. The molecule has 0 aromatic heterocycles. The zero-order chi connectivity index (χ0) is 13.7. The Morgan fingerprint density at radius 3 is 2.47 bits per heavy atom. The van der Waals surface area contributed by atoms with E-state index >= 15 is 0 Å². The number of rotatable bonds is 4. The number of carbonyl (C=O) groups excluding carboxylic acids is 1. The summed E-state index contributed by atoms with van der Waals surface area (Å²) in [6, 6.07) is 12.6. The molecule has 19 heavy (non-hydrogen) atoms. The fraction of sp³-hybridized carbons (Fsp3) is 0.133. The highest BCUT2D eigenvalue weighted by molar-refractivity contribution is 5.78. The molecule has 4 heteroatoms. The lowest BCUT2D eigenvalue weighted by Crippen LogP contribution is -2.25. The van der Waals surface area contributed by atoms with E-state index in [1.54, 1.807) is 0 Å². The third-order valence-corrected chi connectivity index (χ3v) is 2.70. The van der Waals surface area contributed by atoms with Crippen LogP contribution < -0.4 is 5.32 Å². The van der Waals surface area contributed by atoms with Crippen LogP contribution in [-0.4, -0.2) is 5.91 Å². The highest BCUT2D eigenvalue weighted by Crippen LogP contribution is 2.09. The lowest BCUT2D eigenvalue weighted by molar-refractivity contribution is -0.120. The summed E-state index contributed by atoms with van der Waals surface area (Å²) in [5.41, 5.74) is 1.15. The van der Waals surface area contributed by atoms with Gasteiger partial charge in [-0.15, -0.1) is 0 Å². The molecule has 98 valence electrons. The number of amides is 1. The molecule has 0 aliphatic rings. The highest BCUT2D eigenvalue weighted by Gasteiger charge is 2.06. The molecule has 2 rings (SSSR count). The minimum atomic E-state index is -0.653. The molecule has 0 aliphatic carbocycles. The van der Waals surface area contributed by atoms with Gasteiger partial charge in [0.2, 0.25) is 5.91 Å². The van der Waals surface area contributed by atoms with Crippen molar-refractivity contribution in [3.05, 3.63) is 71.3 Å². The Morgan fingerprint density at radius 1 is 1.05 bits per heavy atom. The highest BCUT2D eigenvalue weighted by atomic mass is 19.1. The molecule has 1 amide bonds. The van der Waals surface area contributed by atoms with Gasteiger partial charge < -0.3 is 5.32 Å². The molecule has 0 saturated carbocycles. The first kappa shape index (κ1) is 13.2. The van der Waals surface area contributed by atoms with Crippen molar-refractivity contribution in [2.75, 3.05) is 0 Å². The lowest BCUT2D eigenvalue weighted by Gasteiger charge is -2.06. The van der Waals surface area contributed by atoms with Crippen LogP contribution in [0.4, 0.5) is 8.78 Å². The van der Waals surface area contributed by atoms with Crippen LogP contribution in [0.1, 0.15) is 11.1 Å². The average molecular weight is 261 g/mol. The molecule has 2 nitrogen and oxygen atoms in total. The predicted molar refractivity (Wildman–Crippen MR) is 68.4 cm³/mol. The van der Waals surface area contributed by atoms with Crippen molar-refractivity contribution in [3.63, 3.8) is 0 Å². The average Bonchev–Trinajstić information content (AvgIpc) is 2.39. The Bertz CT molecular complexity index is 570. The van der Waals surface area contributed by atoms with Crippen molar-refractivity contribution < 1.29 is 13.6 Å². The maximum absolute atomic E-state index is 13.3. The smallest absolute Gasteiger partial charge is 0.224 e. The van der Waals surface area contributed by atoms with Gasteiger partial charge in [0.25, 0.3) is 0 Å². The molecule has 1 N–H and O–H groups in total. The Labute approximate surface area is 110 Å². The van der Waals surface area contributed by atoms with E-state index in [0.717, 1.165) is 11.6 Å². The summed E-state index contributed by atoms with van der Waals surface area (Å²) in [4.78, 5) is 11.7. The fourth-order valence-corrected chi connectivity index (χ4v) is 1.70. The number of benzene rings is 2. The molecular weight excluding hydrogens is 248 g/mol. The monoisotopic (exact) mass is 261 g/mol. The van der Waals surface area contributed by atoms with Gasteiger partial charge in [-0.25, -0.2) is 8.78 Å². The van der Waals surface area contributed by atoms with Crippen molar-refractivity contribution >= 4 is 5.91 Å². The van der Waals surface area contributed by atoms with Crippen LogP contribution in [0.2, 0.25) is 0 Å². The van der Waals surface area contributed by atoms with Gasteiger partial charge in [-0.1, -0.05) is 36.4 Å². The standard InChI is InChI=1S/C15H13F2NO/c16-13-7-6-12(14(17)9-13)10-18-15(19)8-11-4-2-1-3-5-11/h1-7,9H,8,10H2,(H,18,19). The number of hydrogen-bond donors (Lipinski definition) is 1. The first-order valence-electron chi connectivity index (χ1n) is 5.90. The third kappa shape index (κ3) is 3.88. The van der Waals surface area contributed by atoms with Crippen LogP contribution in [0.25, 0.3) is 0 Å². The Morgan fingerprint density at radius 2 is 1.79 bits per heavy atom. The first-order chi connectivity index (χ1) is 9.15. The van der Waals surface area contributed by atoms with E-state index < -0.39 is 11.6 Å². The molecule has 2 aromatic rings. The van der Waals surface area contributed by atoms with Gasteiger partial charge in [-0.05, 0) is 11.6 Å². The van der Waals surface area contributed by atoms with Crippen LogP contribution in [0.15, 0.2) is 48.5 Å². The fourth-order valence-electron chi connectivity index (χ4n) is 1.70. The Balaban J connectivity index is 1.90. The van der Waals surface area contributed by atoms with Gasteiger partial charge in [0.05, 0.1) is 6.42 Å². The second-order valence-electron chi connectivity index (χ2n) is 4.17. The summed E-state index contributed by atoms with van der Waals surface area (Å²) < 4.78 is 26.0. The van der Waals surface area contributed by atoms with Crippen LogP contribution in [0.5, 0.6) is 0 Å². The summed E-state index contributed by atoms with van der Waals surface area (Å²) in [5.74, 6) is -1.48. The van der Waals surface area contributed by atoms with E-state index in [1.807, 2.05) is 30.3 Å². The molecule has 0 saturated heterocycles. The van der Waals surface area contributed by atoms with Crippen molar-refractivity contribution in [2.24, 2.45) is 0 Å².